The zero-order valence-corrected chi connectivity index (χ0v) is 20.8. The van der Waals surface area contributed by atoms with Crippen LogP contribution in [-0.4, -0.2) is 99.0 Å². The highest BCUT2D eigenvalue weighted by Gasteiger charge is 2.34. The molecule has 1 amide bonds. The third-order valence-corrected chi connectivity index (χ3v) is 5.89. The van der Waals surface area contributed by atoms with Gasteiger partial charge in [-0.25, -0.2) is 9.59 Å². The molecule has 14 nitrogen and oxygen atoms in total. The summed E-state index contributed by atoms with van der Waals surface area (Å²) >= 11 is 0. The largest absolute Gasteiger partial charge is 0.463 e. The van der Waals surface area contributed by atoms with Crippen LogP contribution < -0.4 is 0 Å². The van der Waals surface area contributed by atoms with Crippen LogP contribution in [0.3, 0.4) is 0 Å². The number of piperidine rings is 1. The first-order valence-electron chi connectivity index (χ1n) is 11.8. The number of hydrogen-bond acceptors (Lipinski definition) is 12. The molecule has 4 N–H and O–H groups in total. The van der Waals surface area contributed by atoms with Crippen molar-refractivity contribution in [3.63, 3.8) is 0 Å². The number of carbonyl (C=O) groups excluding carboxylic acids is 3. The van der Waals surface area contributed by atoms with E-state index >= 15 is 0 Å². The van der Waals surface area contributed by atoms with Gasteiger partial charge in [-0.2, -0.15) is 0 Å². The Kier molecular flexibility index (Phi) is 11.6. The van der Waals surface area contributed by atoms with Crippen LogP contribution in [0.4, 0.5) is 10.5 Å². The van der Waals surface area contributed by atoms with Crippen molar-refractivity contribution in [3.05, 3.63) is 52.1 Å². The number of benzene rings is 1. The average molecular weight is 541 g/mol. The number of rotatable bonds is 12. The van der Waals surface area contributed by atoms with Crippen molar-refractivity contribution < 1.29 is 53.9 Å². The van der Waals surface area contributed by atoms with E-state index in [9.17, 15) is 44.9 Å². The van der Waals surface area contributed by atoms with Crippen molar-refractivity contribution in [2.45, 2.75) is 50.8 Å². The molecule has 0 spiro atoms. The average Bonchev–Trinajstić information content (AvgIpc) is 2.91. The summed E-state index contributed by atoms with van der Waals surface area (Å²) in [6.45, 7) is 3.46. The van der Waals surface area contributed by atoms with Crippen LogP contribution in [0.1, 0.15) is 25.3 Å². The van der Waals surface area contributed by atoms with Gasteiger partial charge in [-0.05, 0) is 25.8 Å². The fourth-order valence-electron chi connectivity index (χ4n) is 3.56. The van der Waals surface area contributed by atoms with Crippen LogP contribution >= 0.6 is 0 Å². The van der Waals surface area contributed by atoms with Gasteiger partial charge in [-0.15, -0.1) is 0 Å². The van der Waals surface area contributed by atoms with Crippen LogP contribution in [0.25, 0.3) is 0 Å². The molecule has 38 heavy (non-hydrogen) atoms. The topological polar surface area (TPSA) is 206 Å². The molecule has 14 heteroatoms. The summed E-state index contributed by atoms with van der Waals surface area (Å²) in [5.41, 5.74) is 0.151. The number of carbonyl (C=O) groups is 3. The zero-order chi connectivity index (χ0) is 28.4. The molecule has 1 saturated heterocycles. The summed E-state index contributed by atoms with van der Waals surface area (Å²) in [6.07, 6.45) is -7.48. The summed E-state index contributed by atoms with van der Waals surface area (Å²) in [7, 11) is 0. The van der Waals surface area contributed by atoms with Crippen LogP contribution in [0.5, 0.6) is 0 Å². The first kappa shape index (κ1) is 30.6. The summed E-state index contributed by atoms with van der Waals surface area (Å²) in [5.74, 6) is -2.09. The molecule has 4 atom stereocenters. The normalized spacial score (nSPS) is 17.0. The molecule has 0 bridgehead atoms. The van der Waals surface area contributed by atoms with Crippen molar-refractivity contribution in [1.29, 1.82) is 0 Å². The van der Waals surface area contributed by atoms with E-state index in [1.165, 1.54) is 30.0 Å². The van der Waals surface area contributed by atoms with E-state index in [1.54, 1.807) is 6.07 Å². The third kappa shape index (κ3) is 8.76. The lowest BCUT2D eigenvalue weighted by atomic mass is 9.97. The van der Waals surface area contributed by atoms with Crippen molar-refractivity contribution >= 4 is 23.7 Å². The van der Waals surface area contributed by atoms with Crippen LogP contribution in [-0.2, 0) is 30.4 Å². The zero-order valence-electron chi connectivity index (χ0n) is 20.8. The Bertz CT molecular complexity index is 1010. The smallest absolute Gasteiger partial charge is 0.410 e. The maximum Gasteiger partial charge on any atom is 0.410 e. The lowest BCUT2D eigenvalue weighted by Gasteiger charge is -2.30. The first-order chi connectivity index (χ1) is 17.9. The van der Waals surface area contributed by atoms with Gasteiger partial charge in [0.05, 0.1) is 16.4 Å². The number of hydrogen-bond donors (Lipinski definition) is 4. The van der Waals surface area contributed by atoms with E-state index in [1.807, 2.05) is 0 Å². The highest BCUT2D eigenvalue weighted by atomic mass is 16.6. The number of aliphatic hydroxyl groups is 4. The molecule has 0 aromatic heterocycles. The van der Waals surface area contributed by atoms with E-state index in [0.29, 0.717) is 0 Å². The minimum atomic E-state index is -1.90. The number of aliphatic hydroxyl groups excluding tert-OH is 4. The SMILES string of the molecule is C=C(C)C(=O)OCC(O)C(O)C(O)C(O)COC(=O)C1CCN(C(=O)OCc2ccccc2[N+](=O)[O-])CC1. The summed E-state index contributed by atoms with van der Waals surface area (Å²) in [5, 5.41) is 51.0. The van der Waals surface area contributed by atoms with Gasteiger partial charge < -0.3 is 39.5 Å². The second-order valence-corrected chi connectivity index (χ2v) is 8.83. The second kappa shape index (κ2) is 14.4. The fourth-order valence-corrected chi connectivity index (χ4v) is 3.56. The Balaban J connectivity index is 1.74. The molecule has 1 aliphatic rings. The number of nitro benzene ring substituents is 1. The quantitative estimate of drug-likeness (QED) is 0.0912. The number of nitro groups is 1. The number of amides is 1. The van der Waals surface area contributed by atoms with Gasteiger partial charge >= 0.3 is 18.0 Å². The van der Waals surface area contributed by atoms with Gasteiger partial charge in [0.1, 0.15) is 44.2 Å². The van der Waals surface area contributed by atoms with Gasteiger partial charge in [-0.1, -0.05) is 18.7 Å². The molecule has 210 valence electrons. The first-order valence-corrected chi connectivity index (χ1v) is 11.8. The maximum absolute atomic E-state index is 12.4. The molecule has 1 heterocycles. The van der Waals surface area contributed by atoms with Gasteiger partial charge in [0.25, 0.3) is 5.69 Å². The fraction of sp³-hybridized carbons (Fsp3) is 0.542. The Labute approximate surface area is 218 Å². The lowest BCUT2D eigenvalue weighted by Crippen LogP contribution is -2.48. The van der Waals surface area contributed by atoms with Crippen molar-refractivity contribution in [2.75, 3.05) is 26.3 Å². The van der Waals surface area contributed by atoms with Crippen LogP contribution in [0.2, 0.25) is 0 Å². The number of likely N-dealkylation sites (tertiary alicyclic amines) is 1. The van der Waals surface area contributed by atoms with Crippen LogP contribution in [0.15, 0.2) is 36.4 Å². The molecule has 0 aliphatic carbocycles. The monoisotopic (exact) mass is 540 g/mol. The summed E-state index contributed by atoms with van der Waals surface area (Å²) in [4.78, 5) is 47.9. The van der Waals surface area contributed by atoms with E-state index in [4.69, 9.17) is 9.47 Å². The standard InChI is InChI=1S/C24H32N2O12/c1-14(2)22(31)36-12-18(27)20(29)21(30)19(28)13-37-23(32)15-7-9-25(10-8-15)24(33)38-11-16-5-3-4-6-17(16)26(34)35/h3-6,15,18-21,27-30H,1,7-13H2,2H3. The Morgan fingerprint density at radius 1 is 1.03 bits per heavy atom. The van der Waals surface area contributed by atoms with Crippen molar-refractivity contribution in [1.82, 2.24) is 4.90 Å². The number of nitrogens with zero attached hydrogens (tertiary/aromatic N) is 2. The van der Waals surface area contributed by atoms with Gasteiger partial charge in [0, 0.05) is 24.7 Å². The number of para-hydroxylation sites is 1. The highest BCUT2D eigenvalue weighted by Crippen LogP contribution is 2.22. The Morgan fingerprint density at radius 3 is 2.13 bits per heavy atom. The van der Waals surface area contributed by atoms with Crippen molar-refractivity contribution in [3.8, 4) is 0 Å². The molecule has 0 saturated carbocycles. The molecule has 1 aromatic rings. The molecular formula is C24H32N2O12. The van der Waals surface area contributed by atoms with E-state index < -0.39 is 66.5 Å². The molecule has 1 aliphatic heterocycles. The minimum absolute atomic E-state index is 0.0698. The van der Waals surface area contributed by atoms with E-state index in [0.717, 1.165) is 0 Å². The van der Waals surface area contributed by atoms with E-state index in [2.05, 4.69) is 11.3 Å². The molecular weight excluding hydrogens is 508 g/mol. The Hall–Kier alpha value is -3.59. The lowest BCUT2D eigenvalue weighted by molar-refractivity contribution is -0.385. The van der Waals surface area contributed by atoms with Crippen LogP contribution in [0, 0.1) is 16.0 Å². The molecule has 1 fully saturated rings. The third-order valence-electron chi connectivity index (χ3n) is 5.89. The number of ether oxygens (including phenoxy) is 3. The Morgan fingerprint density at radius 2 is 1.58 bits per heavy atom. The van der Waals surface area contributed by atoms with Gasteiger partial charge in [-0.3, -0.25) is 14.9 Å². The molecule has 2 rings (SSSR count). The summed E-state index contributed by atoms with van der Waals surface area (Å²) in [6, 6.07) is 5.88. The van der Waals surface area contributed by atoms with Gasteiger partial charge in [0.2, 0.25) is 0 Å². The predicted molar refractivity (Wildman–Crippen MR) is 128 cm³/mol. The maximum atomic E-state index is 12.4. The van der Waals surface area contributed by atoms with Crippen molar-refractivity contribution in [2.24, 2.45) is 5.92 Å². The van der Waals surface area contributed by atoms with E-state index in [-0.39, 0.29) is 49.4 Å². The predicted octanol–water partition coefficient (Wildman–Crippen LogP) is 0.0495. The summed E-state index contributed by atoms with van der Waals surface area (Å²) < 4.78 is 14.9. The second-order valence-electron chi connectivity index (χ2n) is 8.83. The molecule has 0 radical (unpaired) electrons. The minimum Gasteiger partial charge on any atom is -0.463 e. The van der Waals surface area contributed by atoms with Gasteiger partial charge in [0.15, 0.2) is 0 Å². The molecule has 1 aromatic carbocycles. The highest BCUT2D eigenvalue weighted by molar-refractivity contribution is 5.86. The molecule has 4 unspecified atom stereocenters. The number of esters is 2.